The van der Waals surface area contributed by atoms with Gasteiger partial charge < -0.3 is 10.2 Å². The summed E-state index contributed by atoms with van der Waals surface area (Å²) in [6.07, 6.45) is 3.30. The van der Waals surface area contributed by atoms with Crippen molar-refractivity contribution in [2.45, 2.75) is 45.1 Å². The molecule has 2 heteroatoms. The Kier molecular flexibility index (Phi) is 4.65. The molecule has 0 fully saturated rings. The van der Waals surface area contributed by atoms with Crippen molar-refractivity contribution in [3.05, 3.63) is 0 Å². The largest absolute Gasteiger partial charge is 0.396 e. The van der Waals surface area contributed by atoms with E-state index in [1.165, 1.54) is 0 Å². The lowest BCUT2D eigenvalue weighted by Crippen LogP contribution is -2.22. The summed E-state index contributed by atoms with van der Waals surface area (Å²) in [6.45, 7) is 4.04. The smallest absolute Gasteiger partial charge is 0.0617 e. The van der Waals surface area contributed by atoms with Gasteiger partial charge in [-0.1, -0.05) is 6.92 Å². The Bertz CT molecular complexity index is 79.3. The Morgan fingerprint density at radius 2 is 1.90 bits per heavy atom. The molecule has 0 aromatic rings. The summed E-state index contributed by atoms with van der Waals surface area (Å²) in [5.74, 6) is 0. The fraction of sp³-hybridized carbons (Fsp3) is 1.00. The third-order valence-corrected chi connectivity index (χ3v) is 1.89. The van der Waals surface area contributed by atoms with Gasteiger partial charge in [-0.3, -0.25) is 0 Å². The topological polar surface area (TPSA) is 40.5 Å². The first-order chi connectivity index (χ1) is 4.62. The molecule has 0 amide bonds. The molecule has 0 spiro atoms. The van der Waals surface area contributed by atoms with Crippen LogP contribution in [-0.4, -0.2) is 22.4 Å². The molecule has 2 N–H and O–H groups in total. The van der Waals surface area contributed by atoms with Crippen molar-refractivity contribution in [2.24, 2.45) is 0 Å². The molecule has 0 aromatic carbocycles. The zero-order chi connectivity index (χ0) is 8.04. The van der Waals surface area contributed by atoms with Crippen molar-refractivity contribution < 1.29 is 10.2 Å². The van der Waals surface area contributed by atoms with E-state index in [0.29, 0.717) is 0 Å². The summed E-state index contributed by atoms with van der Waals surface area (Å²) in [5, 5.41) is 17.9. The normalized spacial score (nSPS) is 16.8. The maximum absolute atomic E-state index is 9.47. The van der Waals surface area contributed by atoms with Crippen LogP contribution in [0.15, 0.2) is 0 Å². The van der Waals surface area contributed by atoms with E-state index in [1.54, 1.807) is 0 Å². The van der Waals surface area contributed by atoms with Crippen LogP contribution in [0.1, 0.15) is 39.5 Å². The van der Waals surface area contributed by atoms with Gasteiger partial charge in [0.1, 0.15) is 0 Å². The van der Waals surface area contributed by atoms with Crippen molar-refractivity contribution in [3.8, 4) is 0 Å². The van der Waals surface area contributed by atoms with E-state index in [4.69, 9.17) is 5.11 Å². The predicted molar refractivity (Wildman–Crippen MR) is 41.9 cm³/mol. The Labute approximate surface area is 62.9 Å². The first-order valence-electron chi connectivity index (χ1n) is 3.95. The van der Waals surface area contributed by atoms with Crippen LogP contribution in [0.5, 0.6) is 0 Å². The second-order valence-electron chi connectivity index (χ2n) is 3.03. The van der Waals surface area contributed by atoms with Crippen LogP contribution in [-0.2, 0) is 0 Å². The second kappa shape index (κ2) is 4.69. The van der Waals surface area contributed by atoms with Crippen molar-refractivity contribution in [2.75, 3.05) is 6.61 Å². The standard InChI is InChI=1S/C8H18O2/c1-3-8(2,10)6-4-5-7-9/h9-10H,3-7H2,1-2H3/t8-/m0/s1. The van der Waals surface area contributed by atoms with Gasteiger partial charge in [0.2, 0.25) is 0 Å². The Morgan fingerprint density at radius 3 is 2.30 bits per heavy atom. The van der Waals surface area contributed by atoms with E-state index in [-0.39, 0.29) is 6.61 Å². The van der Waals surface area contributed by atoms with E-state index in [1.807, 2.05) is 13.8 Å². The van der Waals surface area contributed by atoms with Crippen molar-refractivity contribution in [1.29, 1.82) is 0 Å². The molecule has 0 heterocycles. The van der Waals surface area contributed by atoms with Crippen LogP contribution in [0, 0.1) is 0 Å². The summed E-state index contributed by atoms with van der Waals surface area (Å²) >= 11 is 0. The Morgan fingerprint density at radius 1 is 1.30 bits per heavy atom. The van der Waals surface area contributed by atoms with Gasteiger partial charge in [-0.25, -0.2) is 0 Å². The highest BCUT2D eigenvalue weighted by molar-refractivity contribution is 4.69. The second-order valence-corrected chi connectivity index (χ2v) is 3.03. The molecule has 0 rings (SSSR count). The van der Waals surface area contributed by atoms with E-state index in [9.17, 15) is 5.11 Å². The number of unbranched alkanes of at least 4 members (excludes halogenated alkanes) is 1. The first-order valence-corrected chi connectivity index (χ1v) is 3.95. The molecule has 2 nitrogen and oxygen atoms in total. The summed E-state index contributed by atoms with van der Waals surface area (Å²) in [7, 11) is 0. The molecule has 0 saturated carbocycles. The van der Waals surface area contributed by atoms with E-state index in [2.05, 4.69) is 0 Å². The van der Waals surface area contributed by atoms with Gasteiger partial charge in [-0.15, -0.1) is 0 Å². The van der Waals surface area contributed by atoms with Crippen LogP contribution in [0.25, 0.3) is 0 Å². The third-order valence-electron chi connectivity index (χ3n) is 1.89. The van der Waals surface area contributed by atoms with Gasteiger partial charge in [0.25, 0.3) is 0 Å². The van der Waals surface area contributed by atoms with E-state index >= 15 is 0 Å². The lowest BCUT2D eigenvalue weighted by atomic mass is 9.96. The van der Waals surface area contributed by atoms with Crippen LogP contribution in [0.2, 0.25) is 0 Å². The molecule has 10 heavy (non-hydrogen) atoms. The molecular weight excluding hydrogens is 128 g/mol. The molecule has 0 aliphatic carbocycles. The first kappa shape index (κ1) is 9.92. The summed E-state index contributed by atoms with van der Waals surface area (Å²) in [5.41, 5.74) is -0.519. The molecule has 0 saturated heterocycles. The van der Waals surface area contributed by atoms with Gasteiger partial charge in [0.15, 0.2) is 0 Å². The number of hydrogen-bond acceptors (Lipinski definition) is 2. The minimum absolute atomic E-state index is 0.236. The van der Waals surface area contributed by atoms with Crippen LogP contribution in [0.4, 0.5) is 0 Å². The molecule has 0 aliphatic rings. The number of aliphatic hydroxyl groups excluding tert-OH is 1. The highest BCUT2D eigenvalue weighted by atomic mass is 16.3. The molecule has 0 bridgehead atoms. The van der Waals surface area contributed by atoms with E-state index < -0.39 is 5.60 Å². The van der Waals surface area contributed by atoms with Crippen LogP contribution < -0.4 is 0 Å². The summed E-state index contributed by atoms with van der Waals surface area (Å²) in [4.78, 5) is 0. The molecule has 62 valence electrons. The van der Waals surface area contributed by atoms with Crippen LogP contribution >= 0.6 is 0 Å². The fourth-order valence-corrected chi connectivity index (χ4v) is 0.794. The summed E-state index contributed by atoms with van der Waals surface area (Å²) in [6, 6.07) is 0. The lowest BCUT2D eigenvalue weighted by Gasteiger charge is -2.20. The van der Waals surface area contributed by atoms with Gasteiger partial charge >= 0.3 is 0 Å². The Hall–Kier alpha value is -0.0800. The SMILES string of the molecule is CC[C@](C)(O)CCCCO. The third kappa shape index (κ3) is 4.77. The minimum atomic E-state index is -0.519. The van der Waals surface area contributed by atoms with E-state index in [0.717, 1.165) is 25.7 Å². The highest BCUT2D eigenvalue weighted by Crippen LogP contribution is 2.16. The average molecular weight is 146 g/mol. The molecule has 0 radical (unpaired) electrons. The number of hydrogen-bond donors (Lipinski definition) is 2. The average Bonchev–Trinajstić information content (AvgIpc) is 1.89. The quantitative estimate of drug-likeness (QED) is 0.574. The van der Waals surface area contributed by atoms with Gasteiger partial charge in [0, 0.05) is 6.61 Å². The maximum Gasteiger partial charge on any atom is 0.0617 e. The molecule has 1 atom stereocenters. The fourth-order valence-electron chi connectivity index (χ4n) is 0.794. The van der Waals surface area contributed by atoms with Crippen molar-refractivity contribution in [1.82, 2.24) is 0 Å². The monoisotopic (exact) mass is 146 g/mol. The van der Waals surface area contributed by atoms with Gasteiger partial charge in [0.05, 0.1) is 5.60 Å². The lowest BCUT2D eigenvalue weighted by molar-refractivity contribution is 0.0432. The predicted octanol–water partition coefficient (Wildman–Crippen LogP) is 1.31. The van der Waals surface area contributed by atoms with Gasteiger partial charge in [-0.05, 0) is 32.6 Å². The highest BCUT2D eigenvalue weighted by Gasteiger charge is 2.15. The van der Waals surface area contributed by atoms with Crippen molar-refractivity contribution in [3.63, 3.8) is 0 Å². The number of aliphatic hydroxyl groups is 2. The molecule has 0 aliphatic heterocycles. The van der Waals surface area contributed by atoms with Crippen molar-refractivity contribution >= 4 is 0 Å². The minimum Gasteiger partial charge on any atom is -0.396 e. The maximum atomic E-state index is 9.47. The molecular formula is C8H18O2. The summed E-state index contributed by atoms with van der Waals surface area (Å²) < 4.78 is 0. The zero-order valence-electron chi connectivity index (χ0n) is 6.93. The Balaban J connectivity index is 3.28. The zero-order valence-corrected chi connectivity index (χ0v) is 6.93. The molecule has 0 unspecified atom stereocenters. The van der Waals surface area contributed by atoms with Crippen LogP contribution in [0.3, 0.4) is 0 Å². The number of rotatable bonds is 5. The molecule has 0 aromatic heterocycles. The van der Waals surface area contributed by atoms with Gasteiger partial charge in [-0.2, -0.15) is 0 Å².